The molecule has 1 amide bonds. The number of alkyl carbamates (subject to hydrolysis) is 1. The van der Waals surface area contributed by atoms with Gasteiger partial charge in [0, 0.05) is 30.2 Å². The van der Waals surface area contributed by atoms with Crippen LogP contribution in [0.1, 0.15) is 55.2 Å². The predicted octanol–water partition coefficient (Wildman–Crippen LogP) is 4.77. The van der Waals surface area contributed by atoms with Crippen LogP contribution in [0.3, 0.4) is 0 Å². The molecule has 2 aliphatic rings. The molecule has 9 nitrogen and oxygen atoms in total. The number of ether oxygens (including phenoxy) is 2. The van der Waals surface area contributed by atoms with Crippen molar-refractivity contribution in [2.45, 2.75) is 63.9 Å². The zero-order valence-electron chi connectivity index (χ0n) is 24.1. The van der Waals surface area contributed by atoms with E-state index in [0.717, 1.165) is 10.6 Å². The molecular weight excluding hydrogens is 621 g/mol. The van der Waals surface area contributed by atoms with Crippen LogP contribution < -0.4 is 20.8 Å². The number of fused-ring (bicyclic) bond motifs is 1. The molecular formula is C30H30ClF3N4O5S. The number of hydrogen-bond donors (Lipinski definition) is 2. The van der Waals surface area contributed by atoms with Gasteiger partial charge in [-0.2, -0.15) is 23.4 Å². The number of benzene rings is 2. The summed E-state index contributed by atoms with van der Waals surface area (Å²) in [7, 11) is 0. The number of hydrogen-bond acceptors (Lipinski definition) is 8. The minimum atomic E-state index is -4.70. The molecule has 0 spiro atoms. The van der Waals surface area contributed by atoms with Crippen LogP contribution >= 0.6 is 22.9 Å². The highest BCUT2D eigenvalue weighted by atomic mass is 35.5. The molecule has 0 atom stereocenters. The number of carbonyl (C=O) groups excluding carboxylic acids is 1. The second kappa shape index (κ2) is 12.0. The van der Waals surface area contributed by atoms with E-state index in [9.17, 15) is 27.9 Å². The minimum Gasteiger partial charge on any atom is -0.493 e. The number of nitrogens with one attached hydrogen (secondary N) is 1. The summed E-state index contributed by atoms with van der Waals surface area (Å²) in [5, 5.41) is 23.3. The van der Waals surface area contributed by atoms with Gasteiger partial charge in [-0.1, -0.05) is 35.1 Å². The van der Waals surface area contributed by atoms with Gasteiger partial charge in [-0.05, 0) is 74.2 Å². The van der Waals surface area contributed by atoms with E-state index in [1.54, 1.807) is 39.0 Å². The minimum absolute atomic E-state index is 0.0733. The molecule has 3 aromatic rings. The summed E-state index contributed by atoms with van der Waals surface area (Å²) < 4.78 is 54.3. The van der Waals surface area contributed by atoms with Crippen LogP contribution in [0.2, 0.25) is 5.02 Å². The number of nitrogens with zero attached hydrogens (tertiary/aromatic N) is 3. The van der Waals surface area contributed by atoms with Crippen molar-refractivity contribution in [1.29, 1.82) is 0 Å². The Morgan fingerprint density at radius 1 is 1.18 bits per heavy atom. The number of carbonyl (C=O) groups is 1. The number of thiazole rings is 1. The molecule has 0 radical (unpaired) electrons. The van der Waals surface area contributed by atoms with Gasteiger partial charge in [0.1, 0.15) is 5.60 Å². The van der Waals surface area contributed by atoms with E-state index in [1.165, 1.54) is 18.3 Å². The van der Waals surface area contributed by atoms with E-state index < -0.39 is 39.7 Å². The predicted molar refractivity (Wildman–Crippen MR) is 160 cm³/mol. The number of amides is 1. The van der Waals surface area contributed by atoms with Crippen LogP contribution in [0.15, 0.2) is 51.4 Å². The van der Waals surface area contributed by atoms with Gasteiger partial charge in [0.2, 0.25) is 5.88 Å². The molecule has 3 heterocycles. The third kappa shape index (κ3) is 7.00. The molecule has 1 saturated heterocycles. The van der Waals surface area contributed by atoms with Crippen molar-refractivity contribution in [3.8, 4) is 5.88 Å². The monoisotopic (exact) mass is 650 g/mol. The Morgan fingerprint density at radius 3 is 2.59 bits per heavy atom. The zero-order chi connectivity index (χ0) is 31.9. The summed E-state index contributed by atoms with van der Waals surface area (Å²) in [5.74, 6) is -0.423. The quantitative estimate of drug-likeness (QED) is 0.399. The average Bonchev–Trinajstić information content (AvgIpc) is 3.50. The lowest BCUT2D eigenvalue weighted by atomic mass is 9.90. The Kier molecular flexibility index (Phi) is 8.67. The Bertz CT molecular complexity index is 1800. The first-order chi connectivity index (χ1) is 20.6. The van der Waals surface area contributed by atoms with E-state index in [2.05, 4.69) is 15.5 Å². The SMILES string of the molecule is CC(C)(C)OC(=O)NC1(Cn2c(O)c(C(Cc3ccc(Cl)cc3C(F)(F)F)=c3ccc4c(c3)C=NN=4)sc2=O)CCOCC1. The standard InChI is InChI=1S/C30H30ClF3N4O5S/c1-28(2,3)43-26(40)36-29(8-10-42-11-9-29)16-38-25(39)24(44-27(38)41)21(17-5-7-23-19(12-17)15-35-37-23)13-18-4-6-20(31)14-22(18)30(32,33)34/h4-7,12,14-15,39H,8-11,13,16H2,1-3H3,(H,36,40). The fourth-order valence-electron chi connectivity index (χ4n) is 5.20. The summed E-state index contributed by atoms with van der Waals surface area (Å²) >= 11 is 6.63. The van der Waals surface area contributed by atoms with Gasteiger partial charge in [-0.25, -0.2) is 4.79 Å². The van der Waals surface area contributed by atoms with Gasteiger partial charge in [-0.3, -0.25) is 9.36 Å². The number of halogens is 4. The average molecular weight is 651 g/mol. The topological polar surface area (TPSA) is 115 Å². The molecule has 44 heavy (non-hydrogen) atoms. The van der Waals surface area contributed by atoms with Crippen molar-refractivity contribution >= 4 is 40.8 Å². The van der Waals surface area contributed by atoms with Crippen molar-refractivity contribution in [2.75, 3.05) is 13.2 Å². The fraction of sp³-hybridized carbons (Fsp3) is 0.400. The van der Waals surface area contributed by atoms with Crippen LogP contribution in [0.5, 0.6) is 5.88 Å². The van der Waals surface area contributed by atoms with Crippen LogP contribution in [-0.4, -0.2) is 46.3 Å². The van der Waals surface area contributed by atoms with Crippen LogP contribution in [-0.2, 0) is 28.6 Å². The van der Waals surface area contributed by atoms with Crippen molar-refractivity contribution in [3.05, 3.63) is 83.2 Å². The molecule has 0 bridgehead atoms. The molecule has 2 aliphatic heterocycles. The first-order valence-corrected chi connectivity index (χ1v) is 15.0. The van der Waals surface area contributed by atoms with E-state index in [1.807, 2.05) is 0 Å². The Morgan fingerprint density at radius 2 is 1.91 bits per heavy atom. The molecule has 5 rings (SSSR count). The summed E-state index contributed by atoms with van der Waals surface area (Å²) in [5.41, 5.74) is -1.82. The largest absolute Gasteiger partial charge is 0.493 e. The van der Waals surface area contributed by atoms with E-state index in [-0.39, 0.29) is 28.4 Å². The lowest BCUT2D eigenvalue weighted by Gasteiger charge is -2.38. The van der Waals surface area contributed by atoms with Crippen molar-refractivity contribution < 1.29 is 32.5 Å². The highest BCUT2D eigenvalue weighted by molar-refractivity contribution is 7.10. The third-order valence-corrected chi connectivity index (χ3v) is 8.57. The second-order valence-electron chi connectivity index (χ2n) is 11.7. The Hall–Kier alpha value is -3.68. The molecule has 0 unspecified atom stereocenters. The summed E-state index contributed by atoms with van der Waals surface area (Å²) in [6.45, 7) is 5.69. The first kappa shape index (κ1) is 31.7. The maximum absolute atomic E-state index is 14.1. The van der Waals surface area contributed by atoms with Crippen molar-refractivity contribution in [1.82, 2.24) is 9.88 Å². The molecule has 0 saturated carbocycles. The molecule has 14 heteroatoms. The highest BCUT2D eigenvalue weighted by Crippen LogP contribution is 2.37. The maximum Gasteiger partial charge on any atom is 0.416 e. The van der Waals surface area contributed by atoms with Crippen LogP contribution in [0.25, 0.3) is 5.57 Å². The molecule has 1 fully saturated rings. The smallest absolute Gasteiger partial charge is 0.416 e. The molecule has 2 N–H and O–H groups in total. The first-order valence-electron chi connectivity index (χ1n) is 13.8. The van der Waals surface area contributed by atoms with Gasteiger partial charge in [0.05, 0.1) is 34.1 Å². The van der Waals surface area contributed by atoms with Gasteiger partial charge in [0.25, 0.3) is 0 Å². The van der Waals surface area contributed by atoms with Gasteiger partial charge in [0.15, 0.2) is 0 Å². The molecule has 1 aromatic heterocycles. The summed E-state index contributed by atoms with van der Waals surface area (Å²) in [6, 6.07) is 8.53. The second-order valence-corrected chi connectivity index (χ2v) is 13.1. The van der Waals surface area contributed by atoms with Crippen LogP contribution in [0, 0.1) is 0 Å². The van der Waals surface area contributed by atoms with E-state index in [4.69, 9.17) is 21.1 Å². The fourth-order valence-corrected chi connectivity index (χ4v) is 6.32. The maximum atomic E-state index is 14.1. The molecule has 234 valence electrons. The zero-order valence-corrected chi connectivity index (χ0v) is 25.7. The normalized spacial score (nSPS) is 16.7. The van der Waals surface area contributed by atoms with E-state index >= 15 is 0 Å². The van der Waals surface area contributed by atoms with Gasteiger partial charge >= 0.3 is 17.1 Å². The Balaban J connectivity index is 1.62. The van der Waals surface area contributed by atoms with Gasteiger partial charge in [-0.15, -0.1) is 0 Å². The summed E-state index contributed by atoms with van der Waals surface area (Å²) in [6.07, 6.45) is -3.45. The van der Waals surface area contributed by atoms with Gasteiger partial charge < -0.3 is 19.9 Å². The number of aromatic nitrogens is 1. The molecule has 0 aliphatic carbocycles. The highest BCUT2D eigenvalue weighted by Gasteiger charge is 2.38. The molecule has 2 aromatic carbocycles. The Labute approximate surface area is 259 Å². The van der Waals surface area contributed by atoms with Crippen molar-refractivity contribution in [3.63, 3.8) is 0 Å². The number of rotatable bonds is 6. The lowest BCUT2D eigenvalue weighted by molar-refractivity contribution is -0.138. The number of aromatic hydroxyl groups is 1. The number of alkyl halides is 3. The van der Waals surface area contributed by atoms with Crippen LogP contribution in [0.4, 0.5) is 18.0 Å². The van der Waals surface area contributed by atoms with E-state index in [0.29, 0.717) is 59.1 Å². The van der Waals surface area contributed by atoms with Crippen molar-refractivity contribution in [2.24, 2.45) is 10.2 Å². The lowest BCUT2D eigenvalue weighted by Crippen LogP contribution is -2.56. The third-order valence-electron chi connectivity index (χ3n) is 7.30. The summed E-state index contributed by atoms with van der Waals surface area (Å²) in [4.78, 5) is 25.8.